The highest BCUT2D eigenvalue weighted by Gasteiger charge is 2.17. The summed E-state index contributed by atoms with van der Waals surface area (Å²) in [5, 5.41) is 2.87. The van der Waals surface area contributed by atoms with Crippen molar-refractivity contribution >= 4 is 17.4 Å². The number of fused-ring (bicyclic) bond motifs is 1. The summed E-state index contributed by atoms with van der Waals surface area (Å²) >= 11 is 0. The molecular weight excluding hydrogens is 345 g/mol. The molecule has 27 heavy (non-hydrogen) atoms. The Kier molecular flexibility index (Phi) is 4.30. The number of aromatic nitrogens is 2. The number of pyridine rings is 1. The zero-order valence-corrected chi connectivity index (χ0v) is 14.5. The number of rotatable bonds is 4. The first kappa shape index (κ1) is 16.8. The van der Waals surface area contributed by atoms with Crippen molar-refractivity contribution in [3.05, 3.63) is 84.3 Å². The van der Waals surface area contributed by atoms with Crippen molar-refractivity contribution in [2.24, 2.45) is 0 Å². The number of benzene rings is 2. The largest absolute Gasteiger partial charge is 0.497 e. The Hall–Kier alpha value is -3.67. The average molecular weight is 361 g/mol. The van der Waals surface area contributed by atoms with Gasteiger partial charge in [-0.15, -0.1) is 0 Å². The highest BCUT2D eigenvalue weighted by molar-refractivity contribution is 6.05. The summed E-state index contributed by atoms with van der Waals surface area (Å²) in [6.07, 6.45) is 1.82. The summed E-state index contributed by atoms with van der Waals surface area (Å²) in [5.74, 6) is 0.379. The van der Waals surface area contributed by atoms with Gasteiger partial charge in [0.05, 0.1) is 7.11 Å². The van der Waals surface area contributed by atoms with Gasteiger partial charge in [0.15, 0.2) is 0 Å². The standard InChI is InChI=1S/C21H16FN3O2/c1-27-17-10-8-14(9-11-17)19-20(25-12-3-2-7-18(25)23-19)24-21(26)15-5-4-6-16(22)13-15/h2-13H,1H3,(H,24,26). The molecule has 0 aliphatic heterocycles. The molecule has 1 amide bonds. The van der Waals surface area contributed by atoms with Crippen molar-refractivity contribution in [1.29, 1.82) is 0 Å². The lowest BCUT2D eigenvalue weighted by molar-refractivity contribution is 0.102. The summed E-state index contributed by atoms with van der Waals surface area (Å²) in [6.45, 7) is 0. The number of carbonyl (C=O) groups excluding carboxylic acids is 1. The zero-order chi connectivity index (χ0) is 18.8. The fraction of sp³-hybridized carbons (Fsp3) is 0.0476. The number of halogens is 1. The van der Waals surface area contributed by atoms with Gasteiger partial charge >= 0.3 is 0 Å². The molecule has 0 bridgehead atoms. The van der Waals surface area contributed by atoms with E-state index >= 15 is 0 Å². The maximum atomic E-state index is 13.5. The van der Waals surface area contributed by atoms with Crippen molar-refractivity contribution in [1.82, 2.24) is 9.38 Å². The first-order chi connectivity index (χ1) is 13.2. The van der Waals surface area contributed by atoms with Crippen LogP contribution >= 0.6 is 0 Å². The molecule has 2 heterocycles. The molecule has 4 rings (SSSR count). The minimum Gasteiger partial charge on any atom is -0.497 e. The monoisotopic (exact) mass is 361 g/mol. The number of imidazole rings is 1. The van der Waals surface area contributed by atoms with Crippen LogP contribution in [0.1, 0.15) is 10.4 Å². The molecule has 2 aromatic carbocycles. The smallest absolute Gasteiger partial charge is 0.256 e. The molecule has 0 saturated heterocycles. The minimum atomic E-state index is -0.462. The molecule has 1 N–H and O–H groups in total. The van der Waals surface area contributed by atoms with Crippen LogP contribution in [0.15, 0.2) is 72.9 Å². The van der Waals surface area contributed by atoms with E-state index in [1.54, 1.807) is 17.6 Å². The number of hydrogen-bond acceptors (Lipinski definition) is 3. The number of methoxy groups -OCH3 is 1. The van der Waals surface area contributed by atoms with Crippen LogP contribution in [0.5, 0.6) is 5.75 Å². The van der Waals surface area contributed by atoms with Gasteiger partial charge in [-0.3, -0.25) is 9.20 Å². The Bertz CT molecular complexity index is 1120. The van der Waals surface area contributed by atoms with Crippen LogP contribution in [0.25, 0.3) is 16.9 Å². The van der Waals surface area contributed by atoms with Gasteiger partial charge in [-0.1, -0.05) is 12.1 Å². The predicted molar refractivity (Wildman–Crippen MR) is 102 cm³/mol. The lowest BCUT2D eigenvalue weighted by Crippen LogP contribution is -2.14. The van der Waals surface area contributed by atoms with Crippen LogP contribution in [-0.2, 0) is 0 Å². The lowest BCUT2D eigenvalue weighted by atomic mass is 10.1. The molecule has 0 radical (unpaired) electrons. The van der Waals surface area contributed by atoms with Gasteiger partial charge in [0.2, 0.25) is 0 Å². The third kappa shape index (κ3) is 3.25. The van der Waals surface area contributed by atoms with Crippen molar-refractivity contribution in [3.8, 4) is 17.0 Å². The topological polar surface area (TPSA) is 55.6 Å². The fourth-order valence-corrected chi connectivity index (χ4v) is 2.87. The summed E-state index contributed by atoms with van der Waals surface area (Å²) in [4.78, 5) is 17.3. The van der Waals surface area contributed by atoms with Gasteiger partial charge in [0, 0.05) is 17.3 Å². The Morgan fingerprint density at radius 1 is 1.07 bits per heavy atom. The van der Waals surface area contributed by atoms with Crippen molar-refractivity contribution in [2.45, 2.75) is 0 Å². The number of ether oxygens (including phenoxy) is 1. The van der Waals surface area contributed by atoms with E-state index in [0.29, 0.717) is 17.2 Å². The second-order valence-corrected chi connectivity index (χ2v) is 5.93. The molecule has 0 saturated carbocycles. The van der Waals surface area contributed by atoms with E-state index in [1.165, 1.54) is 18.2 Å². The van der Waals surface area contributed by atoms with Crippen molar-refractivity contribution in [2.75, 3.05) is 12.4 Å². The Labute approximate surface area is 155 Å². The van der Waals surface area contributed by atoms with E-state index in [9.17, 15) is 9.18 Å². The van der Waals surface area contributed by atoms with Gasteiger partial charge in [-0.2, -0.15) is 0 Å². The highest BCUT2D eigenvalue weighted by Crippen LogP contribution is 2.30. The molecule has 0 spiro atoms. The van der Waals surface area contributed by atoms with E-state index in [2.05, 4.69) is 10.3 Å². The summed E-state index contributed by atoms with van der Waals surface area (Å²) in [6, 6.07) is 18.6. The third-order valence-electron chi connectivity index (χ3n) is 4.21. The molecule has 0 aliphatic carbocycles. The van der Waals surface area contributed by atoms with Crippen LogP contribution in [0.2, 0.25) is 0 Å². The molecule has 4 aromatic rings. The Morgan fingerprint density at radius 3 is 2.63 bits per heavy atom. The highest BCUT2D eigenvalue weighted by atomic mass is 19.1. The van der Waals surface area contributed by atoms with Gasteiger partial charge in [-0.05, 0) is 54.6 Å². The first-order valence-electron chi connectivity index (χ1n) is 8.34. The fourth-order valence-electron chi connectivity index (χ4n) is 2.87. The van der Waals surface area contributed by atoms with Crippen LogP contribution < -0.4 is 10.1 Å². The first-order valence-corrected chi connectivity index (χ1v) is 8.34. The van der Waals surface area contributed by atoms with E-state index in [1.807, 2.05) is 48.7 Å². The maximum Gasteiger partial charge on any atom is 0.256 e. The number of hydrogen-bond donors (Lipinski definition) is 1. The molecule has 0 atom stereocenters. The molecular formula is C21H16FN3O2. The van der Waals surface area contributed by atoms with Gasteiger partial charge in [0.25, 0.3) is 5.91 Å². The van der Waals surface area contributed by atoms with E-state index in [-0.39, 0.29) is 5.56 Å². The van der Waals surface area contributed by atoms with E-state index < -0.39 is 11.7 Å². The molecule has 0 aliphatic rings. The zero-order valence-electron chi connectivity index (χ0n) is 14.5. The summed E-state index contributed by atoms with van der Waals surface area (Å²) < 4.78 is 20.5. The van der Waals surface area contributed by atoms with Crippen LogP contribution in [0.3, 0.4) is 0 Å². The quantitative estimate of drug-likeness (QED) is 0.586. The molecule has 2 aromatic heterocycles. The average Bonchev–Trinajstić information content (AvgIpc) is 3.06. The molecule has 134 valence electrons. The number of carbonyl (C=O) groups is 1. The molecule has 0 fully saturated rings. The number of amides is 1. The Morgan fingerprint density at radius 2 is 1.89 bits per heavy atom. The van der Waals surface area contributed by atoms with Crippen molar-refractivity contribution in [3.63, 3.8) is 0 Å². The summed E-state index contributed by atoms with van der Waals surface area (Å²) in [7, 11) is 1.60. The van der Waals surface area contributed by atoms with Crippen LogP contribution in [0, 0.1) is 5.82 Å². The summed E-state index contributed by atoms with van der Waals surface area (Å²) in [5.41, 5.74) is 2.38. The van der Waals surface area contributed by atoms with E-state index in [0.717, 1.165) is 11.3 Å². The SMILES string of the molecule is COc1ccc(-c2nc3ccccn3c2NC(=O)c2cccc(F)c2)cc1. The second-order valence-electron chi connectivity index (χ2n) is 5.93. The van der Waals surface area contributed by atoms with Crippen LogP contribution in [-0.4, -0.2) is 22.4 Å². The minimum absolute atomic E-state index is 0.238. The van der Waals surface area contributed by atoms with E-state index in [4.69, 9.17) is 4.74 Å². The van der Waals surface area contributed by atoms with Gasteiger partial charge in [0.1, 0.15) is 28.7 Å². The number of nitrogens with one attached hydrogen (secondary N) is 1. The molecule has 0 unspecified atom stereocenters. The molecule has 6 heteroatoms. The Balaban J connectivity index is 1.79. The van der Waals surface area contributed by atoms with Crippen LogP contribution in [0.4, 0.5) is 10.2 Å². The number of nitrogens with zero attached hydrogens (tertiary/aromatic N) is 2. The predicted octanol–water partition coefficient (Wildman–Crippen LogP) is 4.40. The lowest BCUT2D eigenvalue weighted by Gasteiger charge is -2.08. The second kappa shape index (κ2) is 6.92. The van der Waals surface area contributed by atoms with Gasteiger partial charge < -0.3 is 10.1 Å². The molecule has 5 nitrogen and oxygen atoms in total. The number of anilines is 1. The normalized spacial score (nSPS) is 10.7. The van der Waals surface area contributed by atoms with Gasteiger partial charge in [-0.25, -0.2) is 9.37 Å². The maximum absolute atomic E-state index is 13.5. The van der Waals surface area contributed by atoms with Crippen molar-refractivity contribution < 1.29 is 13.9 Å². The third-order valence-corrected chi connectivity index (χ3v) is 4.21.